The van der Waals surface area contributed by atoms with E-state index in [1.807, 2.05) is 30.2 Å². The lowest BCUT2D eigenvalue weighted by Gasteiger charge is -2.23. The highest BCUT2D eigenvalue weighted by Crippen LogP contribution is 2.20. The van der Waals surface area contributed by atoms with Gasteiger partial charge in [-0.25, -0.2) is 4.98 Å². The van der Waals surface area contributed by atoms with Gasteiger partial charge in [-0.3, -0.25) is 14.2 Å². The van der Waals surface area contributed by atoms with Crippen molar-refractivity contribution in [3.8, 4) is 0 Å². The number of rotatable bonds is 7. The Morgan fingerprint density at radius 3 is 2.59 bits per heavy atom. The van der Waals surface area contributed by atoms with E-state index in [9.17, 15) is 9.59 Å². The van der Waals surface area contributed by atoms with E-state index in [0.717, 1.165) is 13.1 Å². The van der Waals surface area contributed by atoms with Crippen LogP contribution in [-0.4, -0.2) is 28.5 Å². The molecule has 2 aromatic heterocycles. The summed E-state index contributed by atoms with van der Waals surface area (Å²) in [4.78, 5) is 31.9. The molecule has 0 unspecified atom stereocenters. The van der Waals surface area contributed by atoms with Crippen LogP contribution in [0.1, 0.15) is 20.3 Å². The Bertz CT molecular complexity index is 993. The summed E-state index contributed by atoms with van der Waals surface area (Å²) in [6.07, 6.45) is 0.176. The van der Waals surface area contributed by atoms with Crippen molar-refractivity contribution >= 4 is 50.7 Å². The predicted molar refractivity (Wildman–Crippen MR) is 112 cm³/mol. The third-order valence-corrected chi connectivity index (χ3v) is 5.43. The lowest BCUT2D eigenvalue weighted by molar-refractivity contribution is -0.116. The van der Waals surface area contributed by atoms with E-state index < -0.39 is 0 Å². The van der Waals surface area contributed by atoms with Gasteiger partial charge in [0.25, 0.3) is 5.56 Å². The molecule has 2 heterocycles. The number of amides is 1. The third-order valence-electron chi connectivity index (χ3n) is 4.28. The minimum absolute atomic E-state index is 0.101. The van der Waals surface area contributed by atoms with Crippen molar-refractivity contribution in [1.82, 2.24) is 9.55 Å². The van der Waals surface area contributed by atoms with E-state index in [1.54, 1.807) is 28.8 Å². The van der Waals surface area contributed by atoms with Crippen molar-refractivity contribution in [2.75, 3.05) is 23.3 Å². The SMILES string of the molecule is CCN(CC)c1nc2ccsc2c(=O)n1CCC(=O)Nc1ccc(Cl)cc1. The van der Waals surface area contributed by atoms with E-state index in [4.69, 9.17) is 11.6 Å². The first-order chi connectivity index (χ1) is 13.0. The average molecular weight is 405 g/mol. The van der Waals surface area contributed by atoms with Crippen molar-refractivity contribution in [2.45, 2.75) is 26.8 Å². The molecule has 1 N–H and O–H groups in total. The number of carbonyl (C=O) groups excluding carboxylic acids is 1. The molecule has 0 bridgehead atoms. The Labute approximate surface area is 166 Å². The van der Waals surface area contributed by atoms with Gasteiger partial charge in [0.1, 0.15) is 4.70 Å². The Morgan fingerprint density at radius 2 is 1.93 bits per heavy atom. The molecule has 0 atom stereocenters. The largest absolute Gasteiger partial charge is 0.343 e. The van der Waals surface area contributed by atoms with Crippen molar-refractivity contribution in [1.29, 1.82) is 0 Å². The summed E-state index contributed by atoms with van der Waals surface area (Å²) in [6.45, 7) is 5.77. The molecule has 1 amide bonds. The first-order valence-electron chi connectivity index (χ1n) is 8.81. The maximum atomic E-state index is 12.9. The highest BCUT2D eigenvalue weighted by atomic mass is 35.5. The van der Waals surface area contributed by atoms with Crippen molar-refractivity contribution in [2.24, 2.45) is 0 Å². The normalized spacial score (nSPS) is 10.9. The van der Waals surface area contributed by atoms with Gasteiger partial charge in [0, 0.05) is 36.8 Å². The van der Waals surface area contributed by atoms with Crippen LogP contribution in [0.3, 0.4) is 0 Å². The molecule has 3 rings (SSSR count). The maximum Gasteiger partial charge on any atom is 0.272 e. The van der Waals surface area contributed by atoms with Crippen LogP contribution in [0.2, 0.25) is 5.02 Å². The number of nitrogens with zero attached hydrogens (tertiary/aromatic N) is 3. The summed E-state index contributed by atoms with van der Waals surface area (Å²) in [5.74, 6) is 0.441. The van der Waals surface area contributed by atoms with Crippen LogP contribution in [0.15, 0.2) is 40.5 Å². The first kappa shape index (κ1) is 19.4. The smallest absolute Gasteiger partial charge is 0.272 e. The average Bonchev–Trinajstić information content (AvgIpc) is 3.13. The second-order valence-corrected chi connectivity index (χ2v) is 7.33. The van der Waals surface area contributed by atoms with E-state index in [-0.39, 0.29) is 24.4 Å². The molecule has 8 heteroatoms. The molecule has 142 valence electrons. The minimum Gasteiger partial charge on any atom is -0.343 e. The third kappa shape index (κ3) is 4.31. The summed E-state index contributed by atoms with van der Waals surface area (Å²) in [7, 11) is 0. The number of halogens is 1. The molecule has 0 saturated heterocycles. The molecule has 0 saturated carbocycles. The number of fused-ring (bicyclic) bond motifs is 1. The molecule has 27 heavy (non-hydrogen) atoms. The molecule has 0 aliphatic heterocycles. The Kier molecular flexibility index (Phi) is 6.13. The van der Waals surface area contributed by atoms with E-state index in [0.29, 0.717) is 26.9 Å². The second-order valence-electron chi connectivity index (χ2n) is 5.98. The monoisotopic (exact) mass is 404 g/mol. The Morgan fingerprint density at radius 1 is 1.22 bits per heavy atom. The molecule has 1 aromatic carbocycles. The quantitative estimate of drug-likeness (QED) is 0.646. The van der Waals surface area contributed by atoms with Gasteiger partial charge in [0.05, 0.1) is 5.52 Å². The lowest BCUT2D eigenvalue weighted by atomic mass is 10.3. The number of nitrogens with one attached hydrogen (secondary N) is 1. The van der Waals surface area contributed by atoms with E-state index in [2.05, 4.69) is 10.3 Å². The van der Waals surface area contributed by atoms with Gasteiger partial charge < -0.3 is 10.2 Å². The zero-order chi connectivity index (χ0) is 19.4. The minimum atomic E-state index is -0.166. The summed E-state index contributed by atoms with van der Waals surface area (Å²) >= 11 is 7.23. The van der Waals surface area contributed by atoms with Gasteiger partial charge in [-0.1, -0.05) is 11.6 Å². The number of benzene rings is 1. The Hall–Kier alpha value is -2.38. The second kappa shape index (κ2) is 8.54. The standard InChI is InChI=1S/C19H21ClN4O2S/c1-3-23(4-2)19-22-15-10-12-27-17(15)18(26)24(19)11-9-16(25)21-14-7-5-13(20)6-8-14/h5-8,10,12H,3-4,9,11H2,1-2H3,(H,21,25). The van der Waals surface area contributed by atoms with Crippen molar-refractivity contribution in [3.63, 3.8) is 0 Å². The lowest BCUT2D eigenvalue weighted by Crippen LogP contribution is -2.33. The molecule has 6 nitrogen and oxygen atoms in total. The molecule has 3 aromatic rings. The fraction of sp³-hybridized carbons (Fsp3) is 0.316. The number of anilines is 2. The highest BCUT2D eigenvalue weighted by Gasteiger charge is 2.17. The molecule has 0 radical (unpaired) electrons. The Balaban J connectivity index is 1.83. The fourth-order valence-corrected chi connectivity index (χ4v) is 3.76. The first-order valence-corrected chi connectivity index (χ1v) is 10.1. The van der Waals surface area contributed by atoms with Crippen LogP contribution < -0.4 is 15.8 Å². The molecular formula is C19H21ClN4O2S. The van der Waals surface area contributed by atoms with Crippen LogP contribution in [0.25, 0.3) is 10.2 Å². The van der Waals surface area contributed by atoms with Crippen LogP contribution in [-0.2, 0) is 11.3 Å². The summed E-state index contributed by atoms with van der Waals surface area (Å²) in [6, 6.07) is 8.77. The van der Waals surface area contributed by atoms with Gasteiger partial charge in [0.2, 0.25) is 11.9 Å². The van der Waals surface area contributed by atoms with Crippen LogP contribution in [0.4, 0.5) is 11.6 Å². The number of carbonyl (C=O) groups is 1. The summed E-state index contributed by atoms with van der Waals surface area (Å²) in [5.41, 5.74) is 1.28. The van der Waals surface area contributed by atoms with Crippen molar-refractivity contribution in [3.05, 3.63) is 51.1 Å². The van der Waals surface area contributed by atoms with Gasteiger partial charge in [0.15, 0.2) is 0 Å². The van der Waals surface area contributed by atoms with Crippen LogP contribution in [0.5, 0.6) is 0 Å². The summed E-state index contributed by atoms with van der Waals surface area (Å²) < 4.78 is 2.22. The van der Waals surface area contributed by atoms with Gasteiger partial charge in [-0.15, -0.1) is 11.3 Å². The zero-order valence-corrected chi connectivity index (χ0v) is 16.8. The van der Waals surface area contributed by atoms with Crippen LogP contribution in [0, 0.1) is 0 Å². The number of hydrogen-bond acceptors (Lipinski definition) is 5. The number of aromatic nitrogens is 2. The topological polar surface area (TPSA) is 67.2 Å². The van der Waals surface area contributed by atoms with Crippen molar-refractivity contribution < 1.29 is 4.79 Å². The summed E-state index contributed by atoms with van der Waals surface area (Å²) in [5, 5.41) is 5.30. The van der Waals surface area contributed by atoms with Crippen LogP contribution >= 0.6 is 22.9 Å². The molecule has 0 aliphatic carbocycles. The highest BCUT2D eigenvalue weighted by molar-refractivity contribution is 7.17. The van der Waals surface area contributed by atoms with E-state index in [1.165, 1.54) is 11.3 Å². The molecule has 0 fully saturated rings. The molecule has 0 spiro atoms. The van der Waals surface area contributed by atoms with Gasteiger partial charge >= 0.3 is 0 Å². The van der Waals surface area contributed by atoms with Gasteiger partial charge in [-0.05, 0) is 49.6 Å². The maximum absolute atomic E-state index is 12.9. The zero-order valence-electron chi connectivity index (χ0n) is 15.2. The predicted octanol–water partition coefficient (Wildman–Crippen LogP) is 3.99. The molecular weight excluding hydrogens is 384 g/mol. The number of hydrogen-bond donors (Lipinski definition) is 1. The van der Waals surface area contributed by atoms with Gasteiger partial charge in [-0.2, -0.15) is 0 Å². The molecule has 0 aliphatic rings. The van der Waals surface area contributed by atoms with E-state index >= 15 is 0 Å². The fourth-order valence-electron chi connectivity index (χ4n) is 2.85. The number of thiophene rings is 1.